The normalized spacial score (nSPS) is 9.80. The van der Waals surface area contributed by atoms with Crippen molar-refractivity contribution in [2.75, 3.05) is 11.1 Å². The van der Waals surface area contributed by atoms with Crippen molar-refractivity contribution in [3.05, 3.63) is 52.5 Å². The minimum absolute atomic E-state index is 0.163. The minimum Gasteiger partial charge on any atom is -0.506 e. The molecule has 0 aliphatic heterocycles. The number of nitrogens with two attached hydrogens (primary N) is 1. The van der Waals surface area contributed by atoms with Crippen molar-refractivity contribution in [3.8, 4) is 11.8 Å². The fraction of sp³-hybridized carbons (Fsp3) is 0. The van der Waals surface area contributed by atoms with Gasteiger partial charge in [0, 0.05) is 5.56 Å². The van der Waals surface area contributed by atoms with Crippen LogP contribution >= 0.6 is 11.6 Å². The van der Waals surface area contributed by atoms with Gasteiger partial charge in [-0.15, -0.1) is 0 Å². The van der Waals surface area contributed by atoms with Crippen LogP contribution in [0.1, 0.15) is 15.9 Å². The van der Waals surface area contributed by atoms with Crippen LogP contribution in [0.15, 0.2) is 36.4 Å². The first-order valence-electron chi connectivity index (χ1n) is 5.61. The van der Waals surface area contributed by atoms with Gasteiger partial charge in [0.25, 0.3) is 5.91 Å². The number of anilines is 2. The van der Waals surface area contributed by atoms with E-state index in [1.165, 1.54) is 30.3 Å². The second kappa shape index (κ2) is 5.51. The van der Waals surface area contributed by atoms with Gasteiger partial charge in [-0.3, -0.25) is 4.79 Å². The molecule has 20 heavy (non-hydrogen) atoms. The van der Waals surface area contributed by atoms with Gasteiger partial charge < -0.3 is 16.2 Å². The van der Waals surface area contributed by atoms with Crippen LogP contribution in [0.25, 0.3) is 0 Å². The number of hydrogen-bond donors (Lipinski definition) is 3. The first-order chi connectivity index (χ1) is 9.51. The molecule has 0 atom stereocenters. The molecule has 0 aliphatic rings. The molecule has 2 aromatic rings. The van der Waals surface area contributed by atoms with Gasteiger partial charge in [-0.1, -0.05) is 11.6 Å². The predicted molar refractivity (Wildman–Crippen MR) is 76.6 cm³/mol. The average molecular weight is 288 g/mol. The van der Waals surface area contributed by atoms with Crippen molar-refractivity contribution in [2.24, 2.45) is 0 Å². The van der Waals surface area contributed by atoms with Gasteiger partial charge in [0.05, 0.1) is 28.0 Å². The Morgan fingerprint density at radius 2 is 2.05 bits per heavy atom. The number of nitriles is 1. The summed E-state index contributed by atoms with van der Waals surface area (Å²) >= 11 is 5.96. The SMILES string of the molecule is N#Cc1ccc(NC(=O)c2ccc(N)c(O)c2)c(Cl)c1. The molecule has 4 N–H and O–H groups in total. The lowest BCUT2D eigenvalue weighted by Gasteiger charge is -2.08. The Labute approximate surface area is 120 Å². The molecular weight excluding hydrogens is 278 g/mol. The molecule has 0 saturated carbocycles. The summed E-state index contributed by atoms with van der Waals surface area (Å²) in [7, 11) is 0. The third-order valence-electron chi connectivity index (χ3n) is 2.64. The quantitative estimate of drug-likeness (QED) is 0.584. The molecule has 0 aliphatic carbocycles. The number of carbonyl (C=O) groups is 1. The van der Waals surface area contributed by atoms with Crippen molar-refractivity contribution in [1.82, 2.24) is 0 Å². The number of halogens is 1. The highest BCUT2D eigenvalue weighted by Crippen LogP contribution is 2.25. The van der Waals surface area contributed by atoms with Crippen LogP contribution in [0, 0.1) is 11.3 Å². The van der Waals surface area contributed by atoms with E-state index < -0.39 is 5.91 Å². The number of phenols is 1. The summed E-state index contributed by atoms with van der Waals surface area (Å²) in [6, 6.07) is 10.7. The number of nitrogens with one attached hydrogen (secondary N) is 1. The van der Waals surface area contributed by atoms with Crippen LogP contribution in [0.5, 0.6) is 5.75 Å². The zero-order chi connectivity index (χ0) is 14.7. The van der Waals surface area contributed by atoms with E-state index in [1.54, 1.807) is 6.07 Å². The zero-order valence-corrected chi connectivity index (χ0v) is 11.0. The fourth-order valence-electron chi connectivity index (χ4n) is 1.57. The summed E-state index contributed by atoms with van der Waals surface area (Å²) in [4.78, 5) is 12.0. The number of amides is 1. The molecule has 100 valence electrons. The lowest BCUT2D eigenvalue weighted by atomic mass is 10.1. The predicted octanol–water partition coefficient (Wildman–Crippen LogP) is 2.75. The van der Waals surface area contributed by atoms with Crippen LogP contribution in [0.2, 0.25) is 5.02 Å². The molecule has 0 bridgehead atoms. The van der Waals surface area contributed by atoms with Crippen LogP contribution < -0.4 is 11.1 Å². The van der Waals surface area contributed by atoms with Gasteiger partial charge in [-0.25, -0.2) is 0 Å². The van der Waals surface area contributed by atoms with Crippen LogP contribution in [-0.2, 0) is 0 Å². The first-order valence-corrected chi connectivity index (χ1v) is 5.98. The van der Waals surface area contributed by atoms with Gasteiger partial charge in [0.15, 0.2) is 0 Å². The summed E-state index contributed by atoms with van der Waals surface area (Å²) < 4.78 is 0. The highest BCUT2D eigenvalue weighted by Gasteiger charge is 2.10. The van der Waals surface area contributed by atoms with Gasteiger partial charge in [-0.05, 0) is 36.4 Å². The van der Waals surface area contributed by atoms with Crippen LogP contribution in [0.4, 0.5) is 11.4 Å². The van der Waals surface area contributed by atoms with Gasteiger partial charge >= 0.3 is 0 Å². The van der Waals surface area contributed by atoms with E-state index >= 15 is 0 Å². The molecule has 0 aromatic heterocycles. The molecular formula is C14H10ClN3O2. The Balaban J connectivity index is 2.23. The summed E-state index contributed by atoms with van der Waals surface area (Å²) in [5, 5.41) is 21.1. The summed E-state index contributed by atoms with van der Waals surface area (Å²) in [5.41, 5.74) is 6.69. The average Bonchev–Trinajstić information content (AvgIpc) is 2.43. The van der Waals surface area contributed by atoms with Gasteiger partial charge in [0.2, 0.25) is 0 Å². The number of rotatable bonds is 2. The third kappa shape index (κ3) is 2.82. The number of nitrogen functional groups attached to an aromatic ring is 1. The Morgan fingerprint density at radius 1 is 1.30 bits per heavy atom. The molecule has 2 aromatic carbocycles. The Kier molecular flexibility index (Phi) is 3.78. The largest absolute Gasteiger partial charge is 0.506 e. The lowest BCUT2D eigenvalue weighted by molar-refractivity contribution is 0.102. The molecule has 0 fully saturated rings. The minimum atomic E-state index is -0.438. The maximum atomic E-state index is 12.0. The van der Waals surface area contributed by atoms with Crippen molar-refractivity contribution in [2.45, 2.75) is 0 Å². The number of hydrogen-bond acceptors (Lipinski definition) is 4. The summed E-state index contributed by atoms with van der Waals surface area (Å²) in [5.74, 6) is -0.601. The molecule has 0 saturated heterocycles. The van der Waals surface area contributed by atoms with Crippen molar-refractivity contribution in [1.29, 1.82) is 5.26 Å². The van der Waals surface area contributed by atoms with E-state index in [0.717, 1.165) is 0 Å². The summed E-state index contributed by atoms with van der Waals surface area (Å²) in [6.07, 6.45) is 0. The second-order valence-corrected chi connectivity index (χ2v) is 4.44. The third-order valence-corrected chi connectivity index (χ3v) is 2.95. The van der Waals surface area contributed by atoms with Gasteiger partial charge in [-0.2, -0.15) is 5.26 Å². The Hall–Kier alpha value is -2.71. The standard InChI is InChI=1S/C14H10ClN3O2/c15-10-5-8(7-16)1-4-12(10)18-14(20)9-2-3-11(17)13(19)6-9/h1-6,19H,17H2,(H,18,20). The van der Waals surface area contributed by atoms with Crippen molar-refractivity contribution in [3.63, 3.8) is 0 Å². The summed E-state index contributed by atoms with van der Waals surface area (Å²) in [6.45, 7) is 0. The maximum absolute atomic E-state index is 12.0. The molecule has 6 heteroatoms. The van der Waals surface area contributed by atoms with E-state index in [0.29, 0.717) is 11.3 Å². The number of nitrogens with zero attached hydrogens (tertiary/aromatic N) is 1. The molecule has 2 rings (SSSR count). The monoisotopic (exact) mass is 287 g/mol. The second-order valence-electron chi connectivity index (χ2n) is 4.03. The van der Waals surface area contributed by atoms with Crippen molar-refractivity contribution < 1.29 is 9.90 Å². The molecule has 5 nitrogen and oxygen atoms in total. The zero-order valence-electron chi connectivity index (χ0n) is 10.2. The Morgan fingerprint density at radius 3 is 2.65 bits per heavy atom. The van der Waals surface area contributed by atoms with E-state index in [1.807, 2.05) is 6.07 Å². The smallest absolute Gasteiger partial charge is 0.255 e. The van der Waals surface area contributed by atoms with Crippen LogP contribution in [-0.4, -0.2) is 11.0 Å². The molecule has 0 spiro atoms. The van der Waals surface area contributed by atoms with Crippen molar-refractivity contribution >= 4 is 28.9 Å². The highest BCUT2D eigenvalue weighted by molar-refractivity contribution is 6.34. The molecule has 0 heterocycles. The topological polar surface area (TPSA) is 99.1 Å². The fourth-order valence-corrected chi connectivity index (χ4v) is 1.79. The van der Waals surface area contributed by atoms with E-state index in [-0.39, 0.29) is 22.0 Å². The van der Waals surface area contributed by atoms with Crippen LogP contribution in [0.3, 0.4) is 0 Å². The number of phenolic OH excluding ortho intramolecular Hbond substituents is 1. The highest BCUT2D eigenvalue weighted by atomic mass is 35.5. The number of carbonyl (C=O) groups excluding carboxylic acids is 1. The van der Waals surface area contributed by atoms with E-state index in [4.69, 9.17) is 22.6 Å². The Bertz CT molecular complexity index is 723. The molecule has 0 unspecified atom stereocenters. The number of aromatic hydroxyl groups is 1. The van der Waals surface area contributed by atoms with Gasteiger partial charge in [0.1, 0.15) is 5.75 Å². The maximum Gasteiger partial charge on any atom is 0.255 e. The van der Waals surface area contributed by atoms with E-state index in [2.05, 4.69) is 5.32 Å². The molecule has 0 radical (unpaired) electrons. The van der Waals surface area contributed by atoms with E-state index in [9.17, 15) is 9.90 Å². The lowest BCUT2D eigenvalue weighted by Crippen LogP contribution is -2.12. The first kappa shape index (κ1) is 13.7. The number of benzene rings is 2. The molecule has 1 amide bonds.